The Morgan fingerprint density at radius 2 is 2.00 bits per heavy atom. The van der Waals surface area contributed by atoms with Gasteiger partial charge in [0, 0.05) is 10.0 Å². The van der Waals surface area contributed by atoms with Gasteiger partial charge in [-0.1, -0.05) is 29.8 Å². The Hall–Kier alpha value is -1.36. The molecule has 2 N–H and O–H groups in total. The van der Waals surface area contributed by atoms with E-state index in [2.05, 4.69) is 21.2 Å². The van der Waals surface area contributed by atoms with Gasteiger partial charge in [0.2, 0.25) is 0 Å². The zero-order valence-electron chi connectivity index (χ0n) is 11.2. The molecule has 4 nitrogen and oxygen atoms in total. The first kappa shape index (κ1) is 15.7. The van der Waals surface area contributed by atoms with Gasteiger partial charge in [-0.2, -0.15) is 0 Å². The number of aryl methyl sites for hydroxylation is 1. The van der Waals surface area contributed by atoms with Crippen LogP contribution in [0.4, 0.5) is 0 Å². The van der Waals surface area contributed by atoms with Crippen LogP contribution in [0.25, 0.3) is 0 Å². The van der Waals surface area contributed by atoms with Gasteiger partial charge < -0.3 is 10.4 Å². The number of benzene rings is 1. The third-order valence-electron chi connectivity index (χ3n) is 2.74. The Bertz CT molecular complexity index is 486. The highest BCUT2D eigenvalue weighted by molar-refractivity contribution is 9.10. The van der Waals surface area contributed by atoms with E-state index in [-0.39, 0.29) is 11.8 Å². The van der Waals surface area contributed by atoms with E-state index in [0.717, 1.165) is 10.0 Å². The van der Waals surface area contributed by atoms with Crippen LogP contribution in [0.5, 0.6) is 0 Å². The Balaban J connectivity index is 2.84. The monoisotopic (exact) mass is 327 g/mol. The van der Waals surface area contributed by atoms with Crippen molar-refractivity contribution in [3.63, 3.8) is 0 Å². The molecule has 0 heterocycles. The molecular weight excluding hydrogens is 310 g/mol. The fourth-order valence-electron chi connectivity index (χ4n) is 1.81. The van der Waals surface area contributed by atoms with Crippen molar-refractivity contribution in [1.29, 1.82) is 0 Å². The molecule has 19 heavy (non-hydrogen) atoms. The lowest BCUT2D eigenvalue weighted by molar-refractivity contribution is -0.139. The molecule has 0 saturated carbocycles. The lowest BCUT2D eigenvalue weighted by atomic mass is 10.0. The van der Waals surface area contributed by atoms with Crippen LogP contribution < -0.4 is 5.32 Å². The van der Waals surface area contributed by atoms with Gasteiger partial charge in [0.15, 0.2) is 0 Å². The molecule has 1 aromatic rings. The number of carboxylic acid groups (broad SMARTS) is 1. The average Bonchev–Trinajstić information content (AvgIpc) is 2.26. The summed E-state index contributed by atoms with van der Waals surface area (Å²) in [5, 5.41) is 11.7. The van der Waals surface area contributed by atoms with E-state index in [9.17, 15) is 9.59 Å². The lowest BCUT2D eigenvalue weighted by Crippen LogP contribution is -2.41. The van der Waals surface area contributed by atoms with Crippen LogP contribution in [0.1, 0.15) is 36.2 Å². The van der Waals surface area contributed by atoms with Crippen molar-refractivity contribution >= 4 is 27.8 Å². The number of hydrogen-bond donors (Lipinski definition) is 2. The molecule has 1 amide bonds. The average molecular weight is 328 g/mol. The highest BCUT2D eigenvalue weighted by Crippen LogP contribution is 2.16. The molecule has 0 fully saturated rings. The summed E-state index contributed by atoms with van der Waals surface area (Å²) in [6.45, 7) is 5.66. The van der Waals surface area contributed by atoms with E-state index in [1.54, 1.807) is 12.1 Å². The zero-order valence-corrected chi connectivity index (χ0v) is 12.8. The number of carboxylic acids is 1. The second-order valence-electron chi connectivity index (χ2n) is 4.95. The SMILES string of the molecule is Cc1cc(Br)ccc1C(=O)NC(CC(C)C)C(=O)O. The normalized spacial score (nSPS) is 12.3. The molecule has 1 aromatic carbocycles. The molecule has 1 atom stereocenters. The molecule has 0 aliphatic carbocycles. The minimum Gasteiger partial charge on any atom is -0.480 e. The summed E-state index contributed by atoms with van der Waals surface area (Å²) in [5.41, 5.74) is 1.30. The summed E-state index contributed by atoms with van der Waals surface area (Å²) in [6, 6.07) is 4.42. The lowest BCUT2D eigenvalue weighted by Gasteiger charge is -2.17. The first-order valence-corrected chi connectivity index (χ1v) is 6.90. The number of rotatable bonds is 5. The molecule has 0 aliphatic heterocycles. The maximum Gasteiger partial charge on any atom is 0.326 e. The number of carbonyl (C=O) groups excluding carboxylic acids is 1. The van der Waals surface area contributed by atoms with Gasteiger partial charge in [-0.05, 0) is 43.0 Å². The van der Waals surface area contributed by atoms with Crippen LogP contribution in [0.2, 0.25) is 0 Å². The number of amides is 1. The zero-order chi connectivity index (χ0) is 14.6. The summed E-state index contributed by atoms with van der Waals surface area (Å²) in [4.78, 5) is 23.2. The summed E-state index contributed by atoms with van der Waals surface area (Å²) in [7, 11) is 0. The van der Waals surface area contributed by atoms with E-state index in [0.29, 0.717) is 12.0 Å². The van der Waals surface area contributed by atoms with Crippen molar-refractivity contribution in [2.75, 3.05) is 0 Å². The van der Waals surface area contributed by atoms with E-state index in [1.807, 2.05) is 26.8 Å². The second kappa shape index (κ2) is 6.70. The Labute approximate surface area is 121 Å². The standard InChI is InChI=1S/C14H18BrNO3/c1-8(2)6-12(14(18)19)16-13(17)11-5-4-10(15)7-9(11)3/h4-5,7-8,12H,6H2,1-3H3,(H,16,17)(H,18,19). The third-order valence-corrected chi connectivity index (χ3v) is 3.24. The smallest absolute Gasteiger partial charge is 0.326 e. The van der Waals surface area contributed by atoms with Gasteiger partial charge in [0.25, 0.3) is 5.91 Å². The van der Waals surface area contributed by atoms with Crippen LogP contribution in [-0.2, 0) is 4.79 Å². The number of hydrogen-bond acceptors (Lipinski definition) is 2. The van der Waals surface area contributed by atoms with Gasteiger partial charge in [0.1, 0.15) is 6.04 Å². The van der Waals surface area contributed by atoms with Gasteiger partial charge in [-0.25, -0.2) is 4.79 Å². The Morgan fingerprint density at radius 3 is 2.47 bits per heavy atom. The molecule has 104 valence electrons. The number of halogens is 1. The summed E-state index contributed by atoms with van der Waals surface area (Å²) < 4.78 is 0.888. The van der Waals surface area contributed by atoms with E-state index >= 15 is 0 Å². The number of nitrogens with one attached hydrogen (secondary N) is 1. The van der Waals surface area contributed by atoms with Crippen LogP contribution in [0, 0.1) is 12.8 Å². The topological polar surface area (TPSA) is 66.4 Å². The minimum atomic E-state index is -1.00. The summed E-state index contributed by atoms with van der Waals surface area (Å²) in [5.74, 6) is -1.15. The van der Waals surface area contributed by atoms with Gasteiger partial charge in [0.05, 0.1) is 0 Å². The quantitative estimate of drug-likeness (QED) is 0.873. The molecule has 5 heteroatoms. The molecule has 0 aromatic heterocycles. The number of carbonyl (C=O) groups is 2. The second-order valence-corrected chi connectivity index (χ2v) is 5.87. The van der Waals surface area contributed by atoms with Crippen molar-refractivity contribution in [3.8, 4) is 0 Å². The number of aliphatic carboxylic acids is 1. The molecule has 1 rings (SSSR count). The van der Waals surface area contributed by atoms with Crippen LogP contribution in [0.3, 0.4) is 0 Å². The van der Waals surface area contributed by atoms with Crippen molar-refractivity contribution in [1.82, 2.24) is 5.32 Å². The molecular formula is C14H18BrNO3. The fourth-order valence-corrected chi connectivity index (χ4v) is 2.29. The van der Waals surface area contributed by atoms with Crippen LogP contribution >= 0.6 is 15.9 Å². The van der Waals surface area contributed by atoms with E-state index in [4.69, 9.17) is 5.11 Å². The molecule has 0 spiro atoms. The minimum absolute atomic E-state index is 0.201. The van der Waals surface area contributed by atoms with Crippen molar-refractivity contribution in [2.24, 2.45) is 5.92 Å². The maximum atomic E-state index is 12.1. The maximum absolute atomic E-state index is 12.1. The molecule has 0 radical (unpaired) electrons. The van der Waals surface area contributed by atoms with Crippen molar-refractivity contribution in [3.05, 3.63) is 33.8 Å². The highest BCUT2D eigenvalue weighted by Gasteiger charge is 2.22. The largest absolute Gasteiger partial charge is 0.480 e. The Morgan fingerprint density at radius 1 is 1.37 bits per heavy atom. The predicted octanol–water partition coefficient (Wildman–Crippen LogP) is 2.99. The van der Waals surface area contributed by atoms with Gasteiger partial charge in [-0.3, -0.25) is 4.79 Å². The van der Waals surface area contributed by atoms with Crippen LogP contribution in [-0.4, -0.2) is 23.0 Å². The van der Waals surface area contributed by atoms with Crippen molar-refractivity contribution in [2.45, 2.75) is 33.2 Å². The first-order valence-electron chi connectivity index (χ1n) is 6.11. The van der Waals surface area contributed by atoms with Gasteiger partial charge >= 0.3 is 5.97 Å². The molecule has 0 bridgehead atoms. The van der Waals surface area contributed by atoms with E-state index < -0.39 is 12.0 Å². The van der Waals surface area contributed by atoms with Crippen molar-refractivity contribution < 1.29 is 14.7 Å². The Kier molecular flexibility index (Phi) is 5.54. The predicted molar refractivity (Wildman–Crippen MR) is 77.2 cm³/mol. The first-order chi connectivity index (χ1) is 8.81. The van der Waals surface area contributed by atoms with Gasteiger partial charge in [-0.15, -0.1) is 0 Å². The molecule has 0 aliphatic rings. The third kappa shape index (κ3) is 4.67. The van der Waals surface area contributed by atoms with Crippen LogP contribution in [0.15, 0.2) is 22.7 Å². The molecule has 1 unspecified atom stereocenters. The fraction of sp³-hybridized carbons (Fsp3) is 0.429. The van der Waals surface area contributed by atoms with E-state index in [1.165, 1.54) is 0 Å². The summed E-state index contributed by atoms with van der Waals surface area (Å²) in [6.07, 6.45) is 0.413. The molecule has 0 saturated heterocycles. The highest BCUT2D eigenvalue weighted by atomic mass is 79.9. The summed E-state index contributed by atoms with van der Waals surface area (Å²) >= 11 is 3.33.